The van der Waals surface area contributed by atoms with Gasteiger partial charge in [-0.2, -0.15) is 0 Å². The zero-order chi connectivity index (χ0) is 14.0. The summed E-state index contributed by atoms with van der Waals surface area (Å²) in [4.78, 5) is 13.2. The van der Waals surface area contributed by atoms with Gasteiger partial charge in [-0.15, -0.1) is 0 Å². The lowest BCUT2D eigenvalue weighted by Crippen LogP contribution is -2.07. The van der Waals surface area contributed by atoms with E-state index in [0.29, 0.717) is 23.1 Å². The minimum Gasteiger partial charge on any atom is -0.494 e. The summed E-state index contributed by atoms with van der Waals surface area (Å²) in [6.07, 6.45) is 1.71. The van der Waals surface area contributed by atoms with Gasteiger partial charge in [0.25, 0.3) is 0 Å². The van der Waals surface area contributed by atoms with Crippen molar-refractivity contribution in [2.24, 2.45) is 0 Å². The number of anilines is 1. The van der Waals surface area contributed by atoms with Crippen molar-refractivity contribution in [2.75, 3.05) is 12.8 Å². The molecule has 0 aliphatic carbocycles. The van der Waals surface area contributed by atoms with Crippen LogP contribution in [0.4, 0.5) is 5.82 Å². The smallest absolute Gasteiger partial charge is 0.146 e. The van der Waals surface area contributed by atoms with E-state index in [0.717, 1.165) is 11.3 Å². The fourth-order valence-corrected chi connectivity index (χ4v) is 1.77. The number of nitrogen functional groups attached to an aromatic ring is 1. The van der Waals surface area contributed by atoms with E-state index in [1.165, 1.54) is 0 Å². The third-order valence-corrected chi connectivity index (χ3v) is 2.93. The van der Waals surface area contributed by atoms with Crippen LogP contribution < -0.4 is 10.5 Å². The SMILES string of the molecule is COc1cccnc1-c1nc(C(C)C)nc(N)c1C. The van der Waals surface area contributed by atoms with Gasteiger partial charge < -0.3 is 10.5 Å². The molecule has 0 saturated heterocycles. The third kappa shape index (κ3) is 2.50. The van der Waals surface area contributed by atoms with E-state index >= 15 is 0 Å². The minimum atomic E-state index is 0.205. The number of hydrogen-bond acceptors (Lipinski definition) is 5. The Labute approximate surface area is 112 Å². The van der Waals surface area contributed by atoms with Crippen LogP contribution in [0.15, 0.2) is 18.3 Å². The van der Waals surface area contributed by atoms with E-state index in [9.17, 15) is 0 Å². The van der Waals surface area contributed by atoms with Crippen LogP contribution in [0.3, 0.4) is 0 Å². The van der Waals surface area contributed by atoms with Gasteiger partial charge in [0, 0.05) is 17.7 Å². The van der Waals surface area contributed by atoms with Crippen molar-refractivity contribution < 1.29 is 4.74 Å². The molecule has 2 aromatic rings. The highest BCUT2D eigenvalue weighted by molar-refractivity contribution is 5.69. The Balaban J connectivity index is 2.67. The maximum Gasteiger partial charge on any atom is 0.146 e. The maximum atomic E-state index is 5.97. The Bertz CT molecular complexity index is 596. The van der Waals surface area contributed by atoms with Crippen LogP contribution in [0.1, 0.15) is 31.2 Å². The lowest BCUT2D eigenvalue weighted by Gasteiger charge is -2.13. The Morgan fingerprint density at radius 2 is 1.95 bits per heavy atom. The molecule has 100 valence electrons. The normalized spacial score (nSPS) is 10.8. The van der Waals surface area contributed by atoms with Crippen LogP contribution >= 0.6 is 0 Å². The molecular weight excluding hydrogens is 240 g/mol. The van der Waals surface area contributed by atoms with Crippen LogP contribution in [0.2, 0.25) is 0 Å². The van der Waals surface area contributed by atoms with Crippen molar-refractivity contribution in [3.05, 3.63) is 29.7 Å². The van der Waals surface area contributed by atoms with E-state index in [1.807, 2.05) is 32.9 Å². The number of nitrogens with two attached hydrogens (primary N) is 1. The van der Waals surface area contributed by atoms with E-state index in [4.69, 9.17) is 10.5 Å². The molecule has 0 aliphatic rings. The lowest BCUT2D eigenvalue weighted by molar-refractivity contribution is 0.414. The quantitative estimate of drug-likeness (QED) is 0.915. The summed E-state index contributed by atoms with van der Waals surface area (Å²) >= 11 is 0. The molecule has 5 heteroatoms. The van der Waals surface area contributed by atoms with Gasteiger partial charge in [-0.3, -0.25) is 4.98 Å². The fraction of sp³-hybridized carbons (Fsp3) is 0.357. The Hall–Kier alpha value is -2.17. The topological polar surface area (TPSA) is 73.9 Å². The molecule has 0 amide bonds. The number of rotatable bonds is 3. The van der Waals surface area contributed by atoms with Crippen LogP contribution in [-0.2, 0) is 0 Å². The second kappa shape index (κ2) is 5.22. The Morgan fingerprint density at radius 3 is 2.58 bits per heavy atom. The molecule has 2 rings (SSSR count). The molecule has 0 spiro atoms. The van der Waals surface area contributed by atoms with Gasteiger partial charge in [-0.25, -0.2) is 9.97 Å². The van der Waals surface area contributed by atoms with Crippen molar-refractivity contribution in [3.8, 4) is 17.1 Å². The minimum absolute atomic E-state index is 0.205. The summed E-state index contributed by atoms with van der Waals surface area (Å²) in [6, 6.07) is 3.68. The third-order valence-electron chi connectivity index (χ3n) is 2.93. The molecule has 0 radical (unpaired) electrons. The van der Waals surface area contributed by atoms with Gasteiger partial charge in [-0.05, 0) is 19.1 Å². The molecular formula is C14H18N4O. The molecule has 0 aromatic carbocycles. The van der Waals surface area contributed by atoms with Gasteiger partial charge in [0.15, 0.2) is 0 Å². The molecule has 0 unspecified atom stereocenters. The zero-order valence-corrected chi connectivity index (χ0v) is 11.6. The highest BCUT2D eigenvalue weighted by Crippen LogP contribution is 2.30. The summed E-state index contributed by atoms with van der Waals surface area (Å²) in [6.45, 7) is 5.95. The van der Waals surface area contributed by atoms with Gasteiger partial charge >= 0.3 is 0 Å². The second-order valence-electron chi connectivity index (χ2n) is 4.65. The van der Waals surface area contributed by atoms with Gasteiger partial charge in [-0.1, -0.05) is 13.8 Å². The van der Waals surface area contributed by atoms with Crippen molar-refractivity contribution >= 4 is 5.82 Å². The van der Waals surface area contributed by atoms with Gasteiger partial charge in [0.05, 0.1) is 7.11 Å². The first kappa shape index (κ1) is 13.3. The van der Waals surface area contributed by atoms with Crippen LogP contribution in [-0.4, -0.2) is 22.1 Å². The first-order chi connectivity index (χ1) is 9.04. The highest BCUT2D eigenvalue weighted by Gasteiger charge is 2.16. The van der Waals surface area contributed by atoms with Crippen molar-refractivity contribution in [1.82, 2.24) is 15.0 Å². The van der Waals surface area contributed by atoms with Crippen LogP contribution in [0.25, 0.3) is 11.4 Å². The highest BCUT2D eigenvalue weighted by atomic mass is 16.5. The molecule has 0 aliphatic heterocycles. The van der Waals surface area contributed by atoms with Gasteiger partial charge in [0.2, 0.25) is 0 Å². The van der Waals surface area contributed by atoms with Gasteiger partial charge in [0.1, 0.15) is 28.8 Å². The summed E-state index contributed by atoms with van der Waals surface area (Å²) in [5, 5.41) is 0. The number of hydrogen-bond donors (Lipinski definition) is 1. The van der Waals surface area contributed by atoms with E-state index in [1.54, 1.807) is 13.3 Å². The maximum absolute atomic E-state index is 5.97. The molecule has 0 atom stereocenters. The van der Waals surface area contributed by atoms with E-state index < -0.39 is 0 Å². The van der Waals surface area contributed by atoms with Crippen molar-refractivity contribution in [1.29, 1.82) is 0 Å². The number of pyridine rings is 1. The molecule has 2 aromatic heterocycles. The first-order valence-corrected chi connectivity index (χ1v) is 6.18. The van der Waals surface area contributed by atoms with Crippen LogP contribution in [0.5, 0.6) is 5.75 Å². The lowest BCUT2D eigenvalue weighted by atomic mass is 10.1. The first-order valence-electron chi connectivity index (χ1n) is 6.18. The summed E-state index contributed by atoms with van der Waals surface area (Å²) < 4.78 is 5.33. The average molecular weight is 258 g/mol. The zero-order valence-electron chi connectivity index (χ0n) is 11.6. The largest absolute Gasteiger partial charge is 0.494 e. The number of aromatic nitrogens is 3. The van der Waals surface area contributed by atoms with Crippen molar-refractivity contribution in [2.45, 2.75) is 26.7 Å². The molecule has 5 nitrogen and oxygen atoms in total. The molecule has 0 saturated carbocycles. The molecule has 2 heterocycles. The summed E-state index contributed by atoms with van der Waals surface area (Å²) in [5.41, 5.74) is 8.21. The number of nitrogens with zero attached hydrogens (tertiary/aromatic N) is 3. The summed E-state index contributed by atoms with van der Waals surface area (Å²) in [5.74, 6) is 2.09. The second-order valence-corrected chi connectivity index (χ2v) is 4.65. The fourth-order valence-electron chi connectivity index (χ4n) is 1.77. The average Bonchev–Trinajstić information content (AvgIpc) is 2.41. The van der Waals surface area contributed by atoms with Crippen LogP contribution in [0, 0.1) is 6.92 Å². The van der Waals surface area contributed by atoms with E-state index in [2.05, 4.69) is 15.0 Å². The van der Waals surface area contributed by atoms with Crippen molar-refractivity contribution in [3.63, 3.8) is 0 Å². The predicted octanol–water partition coefficient (Wildman–Crippen LogP) is 2.56. The predicted molar refractivity (Wildman–Crippen MR) is 75.1 cm³/mol. The molecule has 0 fully saturated rings. The van der Waals surface area contributed by atoms with E-state index in [-0.39, 0.29) is 5.92 Å². The number of ether oxygens (including phenoxy) is 1. The molecule has 0 bridgehead atoms. The Morgan fingerprint density at radius 1 is 1.21 bits per heavy atom. The molecule has 19 heavy (non-hydrogen) atoms. The monoisotopic (exact) mass is 258 g/mol. The standard InChI is InChI=1S/C14H18N4O/c1-8(2)14-17-11(9(3)13(15)18-14)12-10(19-4)6-5-7-16-12/h5-8H,1-4H3,(H2,15,17,18). The number of methoxy groups -OCH3 is 1. The molecule has 2 N–H and O–H groups in total. The Kier molecular flexibility index (Phi) is 3.64. The summed E-state index contributed by atoms with van der Waals surface area (Å²) in [7, 11) is 1.61.